The third-order valence-corrected chi connectivity index (χ3v) is 5.19. The van der Waals surface area contributed by atoms with Gasteiger partial charge >= 0.3 is 0 Å². The van der Waals surface area contributed by atoms with Crippen LogP contribution in [0.25, 0.3) is 0 Å². The molecule has 60 valence electrons. The molecular formula is C6H18N2Si2. The van der Waals surface area contributed by atoms with Gasteiger partial charge in [0.05, 0.1) is 9.68 Å². The van der Waals surface area contributed by atoms with E-state index in [2.05, 4.69) is 16.5 Å². The molecule has 0 bridgehead atoms. The minimum absolute atomic E-state index is 0.222. The number of rotatable bonds is 2. The minimum atomic E-state index is 0.222. The summed E-state index contributed by atoms with van der Waals surface area (Å²) in [6.45, 7) is 5.30. The number of nitrogens with zero attached hydrogens (tertiary/aromatic N) is 2. The second kappa shape index (κ2) is 4.28. The summed E-state index contributed by atoms with van der Waals surface area (Å²) in [7, 11) is 3.87. The molecule has 0 aromatic carbocycles. The Balaban J connectivity index is 2.13. The van der Waals surface area contributed by atoms with Crippen LogP contribution in [0.4, 0.5) is 0 Å². The summed E-state index contributed by atoms with van der Waals surface area (Å²) in [5.74, 6) is 0. The Bertz CT molecular complexity index is 91.7. The van der Waals surface area contributed by atoms with E-state index in [-0.39, 0.29) is 9.68 Å². The molecule has 0 spiro atoms. The summed E-state index contributed by atoms with van der Waals surface area (Å²) in [5, 5.41) is 0. The van der Waals surface area contributed by atoms with E-state index in [1.807, 2.05) is 0 Å². The van der Waals surface area contributed by atoms with Crippen LogP contribution in [-0.2, 0) is 0 Å². The van der Waals surface area contributed by atoms with E-state index < -0.39 is 0 Å². The molecule has 10 heavy (non-hydrogen) atoms. The molecule has 0 amide bonds. The highest BCUT2D eigenvalue weighted by molar-refractivity contribution is 6.44. The zero-order valence-electron chi connectivity index (χ0n) is 7.14. The first kappa shape index (κ1) is 8.45. The van der Waals surface area contributed by atoms with E-state index in [0.29, 0.717) is 0 Å². The van der Waals surface area contributed by atoms with E-state index >= 15 is 0 Å². The van der Waals surface area contributed by atoms with Gasteiger partial charge in [0.25, 0.3) is 0 Å². The Labute approximate surface area is 68.9 Å². The summed E-state index contributed by atoms with van der Waals surface area (Å²) >= 11 is 0. The van der Waals surface area contributed by atoms with Crippen molar-refractivity contribution in [2.45, 2.75) is 5.67 Å². The van der Waals surface area contributed by atoms with Crippen molar-refractivity contribution in [2.24, 2.45) is 0 Å². The van der Waals surface area contributed by atoms with Gasteiger partial charge in [-0.3, -0.25) is 0 Å². The van der Waals surface area contributed by atoms with Crippen LogP contribution in [0.5, 0.6) is 0 Å². The molecule has 2 nitrogen and oxygen atoms in total. The van der Waals surface area contributed by atoms with Crippen molar-refractivity contribution < 1.29 is 0 Å². The molecule has 0 unspecified atom stereocenters. The molecule has 4 heteroatoms. The number of likely N-dealkylation sites (N-methyl/N-ethyl adjacent to an activating group) is 1. The first-order valence-electron chi connectivity index (χ1n) is 4.24. The van der Waals surface area contributed by atoms with Gasteiger partial charge in [-0.05, 0) is 7.05 Å². The topological polar surface area (TPSA) is 6.48 Å². The van der Waals surface area contributed by atoms with Gasteiger partial charge in [0.2, 0.25) is 0 Å². The fraction of sp³-hybridized carbons (Fsp3) is 1.00. The highest BCUT2D eigenvalue weighted by atomic mass is 28.3. The molecule has 1 heterocycles. The van der Waals surface area contributed by atoms with Crippen LogP contribution in [-0.4, -0.2) is 62.6 Å². The zero-order chi connectivity index (χ0) is 7.40. The van der Waals surface area contributed by atoms with Crippen molar-refractivity contribution in [1.82, 2.24) is 9.47 Å². The van der Waals surface area contributed by atoms with Crippen molar-refractivity contribution in [3.63, 3.8) is 0 Å². The average Bonchev–Trinajstić information content (AvgIpc) is 1.95. The maximum absolute atomic E-state index is 2.72. The molecule has 1 fully saturated rings. The monoisotopic (exact) mass is 174 g/mol. The van der Waals surface area contributed by atoms with Gasteiger partial charge < -0.3 is 9.47 Å². The van der Waals surface area contributed by atoms with Crippen LogP contribution in [0.3, 0.4) is 0 Å². The fourth-order valence-corrected chi connectivity index (χ4v) is 4.65. The van der Waals surface area contributed by atoms with Gasteiger partial charge in [0.1, 0.15) is 0 Å². The molecule has 1 aliphatic rings. The van der Waals surface area contributed by atoms with Gasteiger partial charge in [-0.15, -0.1) is 0 Å². The minimum Gasteiger partial charge on any atom is -0.327 e. The first-order chi connectivity index (χ1) is 4.83. The lowest BCUT2D eigenvalue weighted by Crippen LogP contribution is -2.45. The Kier molecular flexibility index (Phi) is 3.61. The average molecular weight is 174 g/mol. The first-order valence-corrected chi connectivity index (χ1v) is 7.28. The second-order valence-corrected chi connectivity index (χ2v) is 8.49. The lowest BCUT2D eigenvalue weighted by molar-refractivity contribution is 0.224. The predicted molar refractivity (Wildman–Crippen MR) is 52.4 cm³/mol. The van der Waals surface area contributed by atoms with Gasteiger partial charge in [-0.2, -0.15) is 0 Å². The maximum Gasteiger partial charge on any atom is 0.0918 e. The summed E-state index contributed by atoms with van der Waals surface area (Å²) in [6, 6.07) is 0. The molecular weight excluding hydrogens is 156 g/mol. The molecule has 0 atom stereocenters. The van der Waals surface area contributed by atoms with Crippen molar-refractivity contribution >= 4 is 19.9 Å². The molecule has 0 aromatic rings. The second-order valence-electron chi connectivity index (χ2n) is 3.14. The van der Waals surface area contributed by atoms with E-state index in [1.54, 1.807) is 5.67 Å². The number of hydrogen-bond donors (Lipinski definition) is 0. The largest absolute Gasteiger partial charge is 0.327 e. The Morgan fingerprint density at radius 2 is 1.90 bits per heavy atom. The predicted octanol–water partition coefficient (Wildman–Crippen LogP) is -1.94. The van der Waals surface area contributed by atoms with Crippen molar-refractivity contribution in [1.29, 1.82) is 0 Å². The van der Waals surface area contributed by atoms with E-state index in [0.717, 1.165) is 0 Å². The van der Waals surface area contributed by atoms with E-state index in [4.69, 9.17) is 0 Å². The van der Waals surface area contributed by atoms with Gasteiger partial charge in [0.15, 0.2) is 0 Å². The smallest absolute Gasteiger partial charge is 0.0918 e. The molecule has 0 aliphatic carbocycles. The third-order valence-electron chi connectivity index (χ3n) is 2.14. The maximum atomic E-state index is 2.72. The summed E-state index contributed by atoms with van der Waals surface area (Å²) in [6.07, 6.45) is 0. The summed E-state index contributed by atoms with van der Waals surface area (Å²) < 4.78 is 2.72. The molecule has 1 saturated heterocycles. The van der Waals surface area contributed by atoms with Crippen LogP contribution in [0.2, 0.25) is 5.67 Å². The lowest BCUT2D eigenvalue weighted by Gasteiger charge is -2.32. The van der Waals surface area contributed by atoms with Crippen LogP contribution in [0.15, 0.2) is 0 Å². The van der Waals surface area contributed by atoms with Crippen LogP contribution >= 0.6 is 0 Å². The molecule has 0 N–H and O–H groups in total. The highest BCUT2D eigenvalue weighted by Gasteiger charge is 2.11. The normalized spacial score (nSPS) is 24.9. The SMILES string of the molecule is CN1CCN([SiH2]C[SiH3])CC1. The molecule has 1 aliphatic heterocycles. The summed E-state index contributed by atoms with van der Waals surface area (Å²) in [5.41, 5.74) is 1.57. The van der Waals surface area contributed by atoms with Crippen molar-refractivity contribution in [2.75, 3.05) is 33.2 Å². The van der Waals surface area contributed by atoms with Gasteiger partial charge in [-0.1, -0.05) is 5.67 Å². The van der Waals surface area contributed by atoms with Gasteiger partial charge in [0, 0.05) is 36.4 Å². The van der Waals surface area contributed by atoms with E-state index in [1.165, 1.54) is 36.4 Å². The van der Waals surface area contributed by atoms with Crippen LogP contribution in [0, 0.1) is 0 Å². The summed E-state index contributed by atoms with van der Waals surface area (Å²) in [4.78, 5) is 2.43. The van der Waals surface area contributed by atoms with Crippen molar-refractivity contribution in [3.8, 4) is 0 Å². The molecule has 0 aromatic heterocycles. The van der Waals surface area contributed by atoms with Crippen molar-refractivity contribution in [3.05, 3.63) is 0 Å². The Morgan fingerprint density at radius 1 is 1.30 bits per heavy atom. The molecule has 1 rings (SSSR count). The fourth-order valence-electron chi connectivity index (χ4n) is 1.39. The highest BCUT2D eigenvalue weighted by Crippen LogP contribution is 1.96. The Hall–Kier alpha value is 0.354. The molecule has 0 saturated carbocycles. The van der Waals surface area contributed by atoms with Crippen LogP contribution < -0.4 is 0 Å². The quantitative estimate of drug-likeness (QED) is 0.450. The molecule has 0 radical (unpaired) electrons. The number of piperazine rings is 1. The van der Waals surface area contributed by atoms with Gasteiger partial charge in [-0.25, -0.2) is 0 Å². The number of hydrogen-bond acceptors (Lipinski definition) is 2. The third kappa shape index (κ3) is 2.53. The lowest BCUT2D eigenvalue weighted by atomic mass is 10.4. The standard InChI is InChI=1S/C6H18N2Si2/c1-7-2-4-8(5-3-7)10-6-9/h2-6,10H2,1,9H3. The van der Waals surface area contributed by atoms with E-state index in [9.17, 15) is 0 Å². The van der Waals surface area contributed by atoms with Crippen LogP contribution in [0.1, 0.15) is 0 Å². The Morgan fingerprint density at radius 3 is 2.40 bits per heavy atom. The zero-order valence-corrected chi connectivity index (χ0v) is 10.6.